The van der Waals surface area contributed by atoms with Crippen LogP contribution >= 0.6 is 0 Å². The summed E-state index contributed by atoms with van der Waals surface area (Å²) in [5.74, 6) is 0. The Labute approximate surface area is 183 Å². The van der Waals surface area contributed by atoms with Gasteiger partial charge in [-0.05, 0) is 41.3 Å². The van der Waals surface area contributed by atoms with Gasteiger partial charge in [0.15, 0.2) is 0 Å². The topological polar surface area (TPSA) is 43.7 Å². The first kappa shape index (κ1) is 21.1. The molecule has 0 radical (unpaired) electrons. The normalized spacial score (nSPS) is 19.4. The minimum atomic E-state index is -0.574. The van der Waals surface area contributed by atoms with Crippen LogP contribution in [0.5, 0.6) is 0 Å². The molecule has 0 amide bonds. The summed E-state index contributed by atoms with van der Waals surface area (Å²) in [6.45, 7) is 3.08. The van der Waals surface area contributed by atoms with Crippen LogP contribution in [0.3, 0.4) is 0 Å². The lowest BCUT2D eigenvalue weighted by Crippen LogP contribution is -2.41. The van der Waals surface area contributed by atoms with Crippen molar-refractivity contribution in [2.75, 3.05) is 20.4 Å². The molecule has 2 atom stereocenters. The molecule has 0 aliphatic carbocycles. The summed E-state index contributed by atoms with van der Waals surface area (Å²) < 4.78 is 13.4. The predicted molar refractivity (Wildman–Crippen MR) is 122 cm³/mol. The average Bonchev–Trinajstić information content (AvgIpc) is 2.82. The van der Waals surface area contributed by atoms with Gasteiger partial charge in [0.25, 0.3) is 5.56 Å². The number of nitrogens with zero attached hydrogens (tertiary/aromatic N) is 2. The Bertz CT molecular complexity index is 1110. The molecule has 1 aliphatic rings. The van der Waals surface area contributed by atoms with Crippen molar-refractivity contribution in [1.82, 2.24) is 9.47 Å². The maximum Gasteiger partial charge on any atom is 0.250 e. The van der Waals surface area contributed by atoms with Crippen LogP contribution in [0.4, 0.5) is 0 Å². The lowest BCUT2D eigenvalue weighted by molar-refractivity contribution is -0.112. The van der Waals surface area contributed by atoms with E-state index in [1.165, 1.54) is 5.56 Å². The first-order chi connectivity index (χ1) is 15.0. The zero-order valence-corrected chi connectivity index (χ0v) is 18.2. The number of aryl methyl sites for hydroxylation is 1. The highest BCUT2D eigenvalue weighted by molar-refractivity contribution is 5.63. The van der Waals surface area contributed by atoms with Crippen molar-refractivity contribution >= 4 is 0 Å². The molecule has 0 fully saturated rings. The fourth-order valence-electron chi connectivity index (χ4n) is 3.90. The van der Waals surface area contributed by atoms with Gasteiger partial charge in [-0.2, -0.15) is 0 Å². The molecule has 2 aromatic carbocycles. The summed E-state index contributed by atoms with van der Waals surface area (Å²) in [6.07, 6.45) is 5.98. The van der Waals surface area contributed by atoms with Crippen LogP contribution in [0, 0.1) is 0 Å². The Morgan fingerprint density at radius 2 is 1.81 bits per heavy atom. The fraction of sp³-hybridized carbons (Fsp3) is 0.269. The summed E-state index contributed by atoms with van der Waals surface area (Å²) in [7, 11) is 3.45. The summed E-state index contributed by atoms with van der Waals surface area (Å²) in [5.41, 5.74) is 3.63. The van der Waals surface area contributed by atoms with Gasteiger partial charge in [-0.15, -0.1) is 0 Å². The fourth-order valence-corrected chi connectivity index (χ4v) is 3.90. The Balaban J connectivity index is 1.52. The van der Waals surface area contributed by atoms with E-state index in [1.54, 1.807) is 31.0 Å². The standard InChI is InChI=1S/C26H28N2O3/c1-20(21-9-11-22(12-10-21)23-13-15-27(2)25(29)17-23)28-16-14-26(18-30-3,31-19-28)24-7-5-4-6-8-24/h4-17,20H,18-19H2,1-3H3/t20-,26-/m0/s1. The highest BCUT2D eigenvalue weighted by atomic mass is 16.5. The van der Waals surface area contributed by atoms with E-state index < -0.39 is 5.60 Å². The minimum absolute atomic E-state index is 0.0106. The van der Waals surface area contributed by atoms with Crippen molar-refractivity contribution in [2.45, 2.75) is 18.6 Å². The monoisotopic (exact) mass is 416 g/mol. The lowest BCUT2D eigenvalue weighted by Gasteiger charge is -2.40. The second-order valence-corrected chi connectivity index (χ2v) is 7.95. The number of methoxy groups -OCH3 is 1. The van der Waals surface area contributed by atoms with E-state index in [2.05, 4.69) is 60.5 Å². The zero-order chi connectivity index (χ0) is 21.8. The van der Waals surface area contributed by atoms with Crippen molar-refractivity contribution in [1.29, 1.82) is 0 Å². The summed E-state index contributed by atoms with van der Waals surface area (Å²) in [4.78, 5) is 14.1. The molecule has 1 aromatic heterocycles. The van der Waals surface area contributed by atoms with E-state index in [4.69, 9.17) is 9.47 Å². The van der Waals surface area contributed by atoms with E-state index >= 15 is 0 Å². The molecule has 0 saturated heterocycles. The average molecular weight is 417 g/mol. The molecular formula is C26H28N2O3. The predicted octanol–water partition coefficient (Wildman–Crippen LogP) is 4.46. The van der Waals surface area contributed by atoms with Gasteiger partial charge in [0.05, 0.1) is 12.6 Å². The Morgan fingerprint density at radius 1 is 1.06 bits per heavy atom. The van der Waals surface area contributed by atoms with E-state index in [1.807, 2.05) is 24.3 Å². The molecule has 3 aromatic rings. The Morgan fingerprint density at radius 3 is 2.42 bits per heavy atom. The second kappa shape index (κ2) is 8.92. The smallest absolute Gasteiger partial charge is 0.250 e. The van der Waals surface area contributed by atoms with Crippen LogP contribution in [-0.2, 0) is 22.1 Å². The number of aromatic nitrogens is 1. The van der Waals surface area contributed by atoms with Gasteiger partial charge in [-0.3, -0.25) is 4.79 Å². The number of pyridine rings is 1. The van der Waals surface area contributed by atoms with Gasteiger partial charge in [0, 0.05) is 32.6 Å². The van der Waals surface area contributed by atoms with Crippen molar-refractivity contribution in [3.8, 4) is 11.1 Å². The van der Waals surface area contributed by atoms with Crippen LogP contribution in [0.1, 0.15) is 24.1 Å². The summed E-state index contributed by atoms with van der Waals surface area (Å²) >= 11 is 0. The van der Waals surface area contributed by atoms with Crippen LogP contribution < -0.4 is 5.56 Å². The molecular weight excluding hydrogens is 388 g/mol. The number of hydrogen-bond donors (Lipinski definition) is 0. The van der Waals surface area contributed by atoms with Crippen LogP contribution in [-0.4, -0.2) is 29.9 Å². The number of ether oxygens (including phenoxy) is 2. The largest absolute Gasteiger partial charge is 0.381 e. The third kappa shape index (κ3) is 4.33. The van der Waals surface area contributed by atoms with Crippen molar-refractivity contribution in [3.05, 3.63) is 107 Å². The van der Waals surface area contributed by atoms with Crippen molar-refractivity contribution in [3.63, 3.8) is 0 Å². The van der Waals surface area contributed by atoms with Crippen molar-refractivity contribution in [2.24, 2.45) is 7.05 Å². The SMILES string of the molecule is COC[C@]1(c2ccccc2)C=CN([C@@H](C)c2ccc(-c3ccn(C)c(=O)c3)cc2)CO1. The molecule has 160 valence electrons. The Kier molecular flexibility index (Phi) is 6.07. The third-order valence-electron chi connectivity index (χ3n) is 5.96. The van der Waals surface area contributed by atoms with Gasteiger partial charge < -0.3 is 18.9 Å². The molecule has 0 unspecified atom stereocenters. The molecule has 0 saturated carbocycles. The summed E-state index contributed by atoms with van der Waals surface area (Å²) in [6, 6.07) is 22.3. The molecule has 31 heavy (non-hydrogen) atoms. The number of benzene rings is 2. The maximum absolute atomic E-state index is 11.9. The van der Waals surface area contributed by atoms with E-state index in [9.17, 15) is 4.79 Å². The van der Waals surface area contributed by atoms with Gasteiger partial charge in [-0.1, -0.05) is 54.6 Å². The van der Waals surface area contributed by atoms with Crippen LogP contribution in [0.2, 0.25) is 0 Å². The van der Waals surface area contributed by atoms with Gasteiger partial charge in [0.2, 0.25) is 0 Å². The van der Waals surface area contributed by atoms with E-state index in [-0.39, 0.29) is 11.6 Å². The van der Waals surface area contributed by atoms with Crippen LogP contribution in [0.15, 0.2) is 90.0 Å². The molecule has 4 rings (SSSR count). The molecule has 2 heterocycles. The number of hydrogen-bond acceptors (Lipinski definition) is 4. The molecule has 0 N–H and O–H groups in total. The maximum atomic E-state index is 11.9. The summed E-state index contributed by atoms with van der Waals surface area (Å²) in [5, 5.41) is 0. The molecule has 5 heteroatoms. The highest BCUT2D eigenvalue weighted by Gasteiger charge is 2.34. The molecule has 0 spiro atoms. The molecule has 0 bridgehead atoms. The van der Waals surface area contributed by atoms with E-state index in [0.717, 1.165) is 16.7 Å². The van der Waals surface area contributed by atoms with Gasteiger partial charge >= 0.3 is 0 Å². The first-order valence-corrected chi connectivity index (χ1v) is 10.4. The Hall–Kier alpha value is -3.15. The lowest BCUT2D eigenvalue weighted by atomic mass is 9.93. The zero-order valence-electron chi connectivity index (χ0n) is 18.2. The van der Waals surface area contributed by atoms with Gasteiger partial charge in [-0.25, -0.2) is 0 Å². The molecule has 1 aliphatic heterocycles. The quantitative estimate of drug-likeness (QED) is 0.595. The van der Waals surface area contributed by atoms with Crippen molar-refractivity contribution < 1.29 is 9.47 Å². The van der Waals surface area contributed by atoms with Crippen LogP contribution in [0.25, 0.3) is 11.1 Å². The third-order valence-corrected chi connectivity index (χ3v) is 5.96. The first-order valence-electron chi connectivity index (χ1n) is 10.4. The highest BCUT2D eigenvalue weighted by Crippen LogP contribution is 2.34. The molecule has 5 nitrogen and oxygen atoms in total. The van der Waals surface area contributed by atoms with E-state index in [0.29, 0.717) is 13.3 Å². The second-order valence-electron chi connectivity index (χ2n) is 7.95. The number of rotatable bonds is 6. The van der Waals surface area contributed by atoms with Gasteiger partial charge in [0.1, 0.15) is 12.3 Å². The minimum Gasteiger partial charge on any atom is -0.381 e.